The van der Waals surface area contributed by atoms with E-state index < -0.39 is 11.6 Å². The first kappa shape index (κ1) is 22.8. The van der Waals surface area contributed by atoms with Gasteiger partial charge in [0.1, 0.15) is 18.1 Å². The molecule has 0 atom stereocenters. The number of halogens is 2. The molecular weight excluding hydrogens is 440 g/mol. The summed E-state index contributed by atoms with van der Waals surface area (Å²) in [6.07, 6.45) is 5.17. The second-order valence-electron chi connectivity index (χ2n) is 9.48. The van der Waals surface area contributed by atoms with Crippen LogP contribution < -0.4 is 10.1 Å². The summed E-state index contributed by atoms with van der Waals surface area (Å²) in [5.41, 5.74) is 1.31. The number of nitrogens with one attached hydrogen (secondary N) is 1. The van der Waals surface area contributed by atoms with Gasteiger partial charge in [0.15, 0.2) is 11.6 Å². The number of rotatable bonds is 7. The molecule has 1 saturated heterocycles. The largest absolute Gasteiger partial charge is 0.454 e. The van der Waals surface area contributed by atoms with Crippen LogP contribution in [0.1, 0.15) is 41.6 Å². The van der Waals surface area contributed by atoms with E-state index in [9.17, 15) is 18.4 Å². The number of benzene rings is 2. The molecule has 0 radical (unpaired) electrons. The number of amides is 2. The van der Waals surface area contributed by atoms with Gasteiger partial charge < -0.3 is 19.9 Å². The monoisotopic (exact) mass is 469 g/mol. The van der Waals surface area contributed by atoms with Crippen molar-refractivity contribution in [2.24, 2.45) is 5.92 Å². The fraction of sp³-hybridized carbons (Fsp3) is 0.462. The van der Waals surface area contributed by atoms with E-state index in [1.165, 1.54) is 18.9 Å². The Hall–Kier alpha value is -3.00. The standard InChI is InChI=1S/C26H29F2N3O3/c27-19-4-6-24(23(28)13-19)34-21-5-3-18-7-10-31(26(33)22(18)14-21)16-25(32)30-11-8-20(9-12-30)29-15-17-1-2-17/h3-6,13-14,17,20,29H,1-2,7-12,15-16H2. The third kappa shape index (κ3) is 5.22. The highest BCUT2D eigenvalue weighted by Gasteiger charge is 2.30. The maximum absolute atomic E-state index is 14.0. The average Bonchev–Trinajstić information content (AvgIpc) is 3.66. The second-order valence-corrected chi connectivity index (χ2v) is 9.48. The van der Waals surface area contributed by atoms with Crippen molar-refractivity contribution in [2.75, 3.05) is 32.7 Å². The topological polar surface area (TPSA) is 61.9 Å². The van der Waals surface area contributed by atoms with Crippen molar-refractivity contribution >= 4 is 11.8 Å². The minimum Gasteiger partial charge on any atom is -0.454 e. The van der Waals surface area contributed by atoms with Gasteiger partial charge in [0.25, 0.3) is 5.91 Å². The van der Waals surface area contributed by atoms with E-state index in [2.05, 4.69) is 5.32 Å². The Labute approximate surface area is 197 Å². The normalized spacial score (nSPS) is 18.7. The molecule has 0 aromatic heterocycles. The van der Waals surface area contributed by atoms with Crippen molar-refractivity contribution in [3.63, 3.8) is 0 Å². The molecule has 2 aromatic carbocycles. The number of nitrogens with zero attached hydrogens (tertiary/aromatic N) is 2. The van der Waals surface area contributed by atoms with Crippen LogP contribution in [0, 0.1) is 17.6 Å². The lowest BCUT2D eigenvalue weighted by Gasteiger charge is -2.35. The Kier molecular flexibility index (Phi) is 6.50. The van der Waals surface area contributed by atoms with Crippen molar-refractivity contribution in [3.8, 4) is 11.5 Å². The molecule has 2 amide bonds. The lowest BCUT2D eigenvalue weighted by Crippen LogP contribution is -2.50. The van der Waals surface area contributed by atoms with Crippen molar-refractivity contribution < 1.29 is 23.1 Å². The summed E-state index contributed by atoms with van der Waals surface area (Å²) in [6.45, 7) is 3.03. The number of hydrogen-bond acceptors (Lipinski definition) is 4. The number of fused-ring (bicyclic) bond motifs is 1. The van der Waals surface area contributed by atoms with Gasteiger partial charge in [-0.15, -0.1) is 0 Å². The zero-order valence-electron chi connectivity index (χ0n) is 19.1. The van der Waals surface area contributed by atoms with E-state index in [1.54, 1.807) is 23.1 Å². The van der Waals surface area contributed by atoms with Gasteiger partial charge in [0, 0.05) is 37.3 Å². The van der Waals surface area contributed by atoms with Crippen LogP contribution in [0.5, 0.6) is 11.5 Å². The Morgan fingerprint density at radius 3 is 2.56 bits per heavy atom. The van der Waals surface area contributed by atoms with E-state index in [4.69, 9.17) is 4.74 Å². The molecule has 2 heterocycles. The Morgan fingerprint density at radius 2 is 1.82 bits per heavy atom. The maximum atomic E-state index is 14.0. The van der Waals surface area contributed by atoms with Crippen LogP contribution in [-0.2, 0) is 11.2 Å². The second kappa shape index (κ2) is 9.70. The highest BCUT2D eigenvalue weighted by molar-refractivity contribution is 5.99. The van der Waals surface area contributed by atoms with Crippen LogP contribution in [0.4, 0.5) is 8.78 Å². The lowest BCUT2D eigenvalue weighted by molar-refractivity contribution is -0.133. The Bertz CT molecular complexity index is 1080. The van der Waals surface area contributed by atoms with Crippen LogP contribution >= 0.6 is 0 Å². The molecule has 0 bridgehead atoms. The van der Waals surface area contributed by atoms with Crippen LogP contribution in [0.15, 0.2) is 36.4 Å². The zero-order valence-corrected chi connectivity index (χ0v) is 19.1. The molecule has 180 valence electrons. The Balaban J connectivity index is 1.18. The zero-order chi connectivity index (χ0) is 23.7. The fourth-order valence-corrected chi connectivity index (χ4v) is 4.65. The molecule has 2 aromatic rings. The number of ether oxygens (including phenoxy) is 1. The molecule has 5 rings (SSSR count). The molecule has 0 unspecified atom stereocenters. The van der Waals surface area contributed by atoms with Gasteiger partial charge >= 0.3 is 0 Å². The molecule has 2 fully saturated rings. The Morgan fingerprint density at radius 1 is 1.03 bits per heavy atom. The third-order valence-electron chi connectivity index (χ3n) is 6.94. The summed E-state index contributed by atoms with van der Waals surface area (Å²) in [7, 11) is 0. The molecule has 0 spiro atoms. The minimum atomic E-state index is -0.817. The van der Waals surface area contributed by atoms with Gasteiger partial charge in [-0.3, -0.25) is 9.59 Å². The van der Waals surface area contributed by atoms with Gasteiger partial charge in [-0.25, -0.2) is 8.78 Å². The summed E-state index contributed by atoms with van der Waals surface area (Å²) >= 11 is 0. The predicted molar refractivity (Wildman–Crippen MR) is 123 cm³/mol. The van der Waals surface area contributed by atoms with E-state index in [0.717, 1.165) is 43.0 Å². The molecule has 1 N–H and O–H groups in total. The minimum absolute atomic E-state index is 0.0294. The van der Waals surface area contributed by atoms with E-state index in [1.807, 2.05) is 4.90 Å². The number of carbonyl (C=O) groups excluding carboxylic acids is 2. The van der Waals surface area contributed by atoms with Gasteiger partial charge in [-0.1, -0.05) is 6.07 Å². The smallest absolute Gasteiger partial charge is 0.254 e. The fourth-order valence-electron chi connectivity index (χ4n) is 4.65. The highest BCUT2D eigenvalue weighted by atomic mass is 19.1. The summed E-state index contributed by atoms with van der Waals surface area (Å²) < 4.78 is 32.6. The van der Waals surface area contributed by atoms with E-state index >= 15 is 0 Å². The van der Waals surface area contributed by atoms with Crippen molar-refractivity contribution in [1.29, 1.82) is 0 Å². The lowest BCUT2D eigenvalue weighted by atomic mass is 9.98. The van der Waals surface area contributed by atoms with Crippen molar-refractivity contribution in [2.45, 2.75) is 38.1 Å². The average molecular weight is 470 g/mol. The van der Waals surface area contributed by atoms with E-state index in [-0.39, 0.29) is 29.9 Å². The molecule has 8 heteroatoms. The quantitative estimate of drug-likeness (QED) is 0.671. The molecule has 1 aliphatic carbocycles. The molecule has 3 aliphatic rings. The number of carbonyl (C=O) groups is 2. The van der Waals surface area contributed by atoms with Crippen molar-refractivity contribution in [1.82, 2.24) is 15.1 Å². The SMILES string of the molecule is O=C(CN1CCc2ccc(Oc3ccc(F)cc3F)cc2C1=O)N1CCC(NCC2CC2)CC1. The molecule has 1 saturated carbocycles. The number of likely N-dealkylation sites (tertiary alicyclic amines) is 1. The summed E-state index contributed by atoms with van der Waals surface area (Å²) in [4.78, 5) is 29.4. The number of piperidine rings is 1. The molecule has 2 aliphatic heterocycles. The summed E-state index contributed by atoms with van der Waals surface area (Å²) in [5, 5.41) is 3.61. The van der Waals surface area contributed by atoms with Crippen LogP contribution in [0.25, 0.3) is 0 Å². The summed E-state index contributed by atoms with van der Waals surface area (Å²) in [6, 6.07) is 8.55. The third-order valence-corrected chi connectivity index (χ3v) is 6.94. The molecule has 34 heavy (non-hydrogen) atoms. The van der Waals surface area contributed by atoms with Gasteiger partial charge in [-0.05, 0) is 74.4 Å². The highest BCUT2D eigenvalue weighted by Crippen LogP contribution is 2.30. The number of hydrogen-bond donors (Lipinski definition) is 1. The van der Waals surface area contributed by atoms with Crippen LogP contribution in [0.3, 0.4) is 0 Å². The van der Waals surface area contributed by atoms with Gasteiger partial charge in [-0.2, -0.15) is 0 Å². The first-order chi connectivity index (χ1) is 16.5. The van der Waals surface area contributed by atoms with Gasteiger partial charge in [0.05, 0.1) is 0 Å². The van der Waals surface area contributed by atoms with Crippen molar-refractivity contribution in [3.05, 3.63) is 59.2 Å². The van der Waals surface area contributed by atoms with Crippen LogP contribution in [0.2, 0.25) is 0 Å². The first-order valence-electron chi connectivity index (χ1n) is 12.0. The maximum Gasteiger partial charge on any atom is 0.254 e. The first-order valence-corrected chi connectivity index (χ1v) is 12.0. The van der Waals surface area contributed by atoms with Crippen LogP contribution in [-0.4, -0.2) is 60.4 Å². The van der Waals surface area contributed by atoms with E-state index in [0.29, 0.717) is 37.7 Å². The molecule has 6 nitrogen and oxygen atoms in total. The predicted octanol–water partition coefficient (Wildman–Crippen LogP) is 3.75. The molecular formula is C26H29F2N3O3. The summed E-state index contributed by atoms with van der Waals surface area (Å²) in [5.74, 6) is -0.766. The van der Waals surface area contributed by atoms with Gasteiger partial charge in [0.2, 0.25) is 5.91 Å².